The Kier molecular flexibility index (Phi) is 9.00. The van der Waals surface area contributed by atoms with Gasteiger partial charge in [0.05, 0.1) is 5.69 Å². The third kappa shape index (κ3) is 7.60. The van der Waals surface area contributed by atoms with E-state index in [1.807, 2.05) is 6.92 Å². The van der Waals surface area contributed by atoms with Gasteiger partial charge >= 0.3 is 6.18 Å². The van der Waals surface area contributed by atoms with E-state index >= 15 is 0 Å². The van der Waals surface area contributed by atoms with Gasteiger partial charge in [-0.25, -0.2) is 0 Å². The lowest BCUT2D eigenvalue weighted by atomic mass is 9.85. The molecule has 2 unspecified atom stereocenters. The van der Waals surface area contributed by atoms with Crippen molar-refractivity contribution in [2.45, 2.75) is 32.4 Å². The number of hydrogen-bond acceptors (Lipinski definition) is 3. The van der Waals surface area contributed by atoms with E-state index in [-0.39, 0.29) is 40.7 Å². The van der Waals surface area contributed by atoms with Crippen LogP contribution in [-0.4, -0.2) is 31.8 Å². The monoisotopic (exact) mass is 414 g/mol. The number of benzene rings is 1. The Morgan fingerprint density at radius 2 is 2.19 bits per heavy atom. The van der Waals surface area contributed by atoms with Gasteiger partial charge in [-0.1, -0.05) is 18.5 Å². The fraction of sp³-hybridized carbons (Fsp3) is 0.588. The van der Waals surface area contributed by atoms with E-state index in [4.69, 9.17) is 16.3 Å². The van der Waals surface area contributed by atoms with Crippen LogP contribution >= 0.6 is 24.0 Å². The Morgan fingerprint density at radius 3 is 2.81 bits per heavy atom. The molecule has 9 heteroatoms. The van der Waals surface area contributed by atoms with E-state index in [0.717, 1.165) is 25.9 Å². The van der Waals surface area contributed by atoms with Crippen molar-refractivity contribution in [3.63, 3.8) is 0 Å². The zero-order chi connectivity index (χ0) is 18.4. The molecule has 26 heavy (non-hydrogen) atoms. The SMILES string of the molecule is CC(CC(=O)Nc1ccc(Cl)cc1OCC(F)(F)F)C1CCCNC1.Cl. The van der Waals surface area contributed by atoms with Gasteiger partial charge in [0.15, 0.2) is 6.61 Å². The zero-order valence-corrected chi connectivity index (χ0v) is 15.9. The largest absolute Gasteiger partial charge is 0.482 e. The molecule has 0 spiro atoms. The van der Waals surface area contributed by atoms with Crippen molar-refractivity contribution in [2.75, 3.05) is 25.0 Å². The number of carbonyl (C=O) groups is 1. The summed E-state index contributed by atoms with van der Waals surface area (Å²) in [7, 11) is 0. The zero-order valence-electron chi connectivity index (χ0n) is 14.4. The normalized spacial score (nSPS) is 18.6. The molecular weight excluding hydrogens is 392 g/mol. The van der Waals surface area contributed by atoms with Crippen molar-refractivity contribution < 1.29 is 22.7 Å². The minimum absolute atomic E-state index is 0. The summed E-state index contributed by atoms with van der Waals surface area (Å²) in [6.45, 7) is 2.45. The van der Waals surface area contributed by atoms with E-state index in [0.29, 0.717) is 12.3 Å². The summed E-state index contributed by atoms with van der Waals surface area (Å²) in [4.78, 5) is 12.3. The molecule has 1 amide bonds. The number of alkyl halides is 3. The van der Waals surface area contributed by atoms with Crippen LogP contribution in [0.1, 0.15) is 26.2 Å². The third-order valence-corrected chi connectivity index (χ3v) is 4.49. The number of nitrogens with one attached hydrogen (secondary N) is 2. The fourth-order valence-electron chi connectivity index (χ4n) is 2.90. The van der Waals surface area contributed by atoms with Gasteiger partial charge in [0.25, 0.3) is 0 Å². The van der Waals surface area contributed by atoms with Crippen LogP contribution in [0.15, 0.2) is 18.2 Å². The topological polar surface area (TPSA) is 50.4 Å². The maximum absolute atomic E-state index is 12.4. The second-order valence-corrected chi connectivity index (χ2v) is 6.82. The van der Waals surface area contributed by atoms with E-state index in [9.17, 15) is 18.0 Å². The van der Waals surface area contributed by atoms with Crippen molar-refractivity contribution in [3.05, 3.63) is 23.2 Å². The van der Waals surface area contributed by atoms with Crippen LogP contribution in [0, 0.1) is 11.8 Å². The van der Waals surface area contributed by atoms with Crippen LogP contribution in [0.2, 0.25) is 5.02 Å². The van der Waals surface area contributed by atoms with Crippen LogP contribution in [0.25, 0.3) is 0 Å². The molecule has 1 heterocycles. The summed E-state index contributed by atoms with van der Waals surface area (Å²) in [6.07, 6.45) is -2.01. The van der Waals surface area contributed by atoms with E-state index in [1.165, 1.54) is 18.2 Å². The molecule has 1 fully saturated rings. The van der Waals surface area contributed by atoms with Crippen molar-refractivity contribution in [2.24, 2.45) is 11.8 Å². The lowest BCUT2D eigenvalue weighted by Gasteiger charge is -2.28. The number of rotatable bonds is 6. The van der Waals surface area contributed by atoms with E-state index in [1.54, 1.807) is 0 Å². The highest BCUT2D eigenvalue weighted by Gasteiger charge is 2.29. The number of anilines is 1. The molecule has 0 saturated carbocycles. The van der Waals surface area contributed by atoms with Gasteiger partial charge in [0.1, 0.15) is 5.75 Å². The first-order valence-corrected chi connectivity index (χ1v) is 8.62. The highest BCUT2D eigenvalue weighted by molar-refractivity contribution is 6.30. The minimum Gasteiger partial charge on any atom is -0.482 e. The predicted octanol–water partition coefficient (Wildman–Crippen LogP) is 4.67. The Bertz CT molecular complexity index is 594. The predicted molar refractivity (Wildman–Crippen MR) is 98.3 cm³/mol. The average molecular weight is 415 g/mol. The molecule has 1 aromatic rings. The van der Waals surface area contributed by atoms with Crippen molar-refractivity contribution in [1.29, 1.82) is 0 Å². The maximum atomic E-state index is 12.4. The molecule has 1 saturated heterocycles. The van der Waals surface area contributed by atoms with Gasteiger partial charge in [0, 0.05) is 17.5 Å². The highest BCUT2D eigenvalue weighted by atomic mass is 35.5. The number of carbonyl (C=O) groups excluding carboxylic acids is 1. The van der Waals surface area contributed by atoms with Gasteiger partial charge in [-0.3, -0.25) is 4.79 Å². The molecule has 1 aromatic carbocycles. The Balaban J connectivity index is 0.00000338. The molecule has 4 nitrogen and oxygen atoms in total. The molecular formula is C17H23Cl2F3N2O2. The van der Waals surface area contributed by atoms with E-state index in [2.05, 4.69) is 10.6 Å². The van der Waals surface area contributed by atoms with Crippen molar-refractivity contribution in [3.8, 4) is 5.75 Å². The fourth-order valence-corrected chi connectivity index (χ4v) is 3.07. The molecule has 1 aliphatic rings. The van der Waals surface area contributed by atoms with Crippen molar-refractivity contribution in [1.82, 2.24) is 5.32 Å². The molecule has 2 rings (SSSR count). The molecule has 0 aliphatic carbocycles. The van der Waals surface area contributed by atoms with Gasteiger partial charge in [0.2, 0.25) is 5.91 Å². The first-order chi connectivity index (χ1) is 11.7. The maximum Gasteiger partial charge on any atom is 0.422 e. The number of ether oxygens (including phenoxy) is 1. The Morgan fingerprint density at radius 1 is 1.46 bits per heavy atom. The quantitative estimate of drug-likeness (QED) is 0.710. The first-order valence-electron chi connectivity index (χ1n) is 8.24. The number of piperidine rings is 1. The van der Waals surface area contributed by atoms with Gasteiger partial charge in [-0.05, 0) is 49.9 Å². The summed E-state index contributed by atoms with van der Waals surface area (Å²) in [6, 6.07) is 4.20. The van der Waals surface area contributed by atoms with Gasteiger partial charge in [-0.2, -0.15) is 13.2 Å². The van der Waals surface area contributed by atoms with Crippen LogP contribution in [0.5, 0.6) is 5.75 Å². The van der Waals surface area contributed by atoms with Crippen LogP contribution < -0.4 is 15.4 Å². The van der Waals surface area contributed by atoms with Crippen LogP contribution in [0.4, 0.5) is 18.9 Å². The summed E-state index contributed by atoms with van der Waals surface area (Å²) in [5.41, 5.74) is 0.188. The smallest absolute Gasteiger partial charge is 0.422 e. The van der Waals surface area contributed by atoms with Crippen LogP contribution in [0.3, 0.4) is 0 Å². The summed E-state index contributed by atoms with van der Waals surface area (Å²) in [5, 5.41) is 6.18. The van der Waals surface area contributed by atoms with Gasteiger partial charge < -0.3 is 15.4 Å². The summed E-state index contributed by atoms with van der Waals surface area (Å²) in [5.74, 6) is 0.257. The van der Waals surface area contributed by atoms with Crippen molar-refractivity contribution >= 4 is 35.6 Å². The van der Waals surface area contributed by atoms with Gasteiger partial charge in [-0.15, -0.1) is 12.4 Å². The molecule has 0 radical (unpaired) electrons. The molecule has 2 N–H and O–H groups in total. The number of hydrogen-bond donors (Lipinski definition) is 2. The Hall–Kier alpha value is -1.18. The average Bonchev–Trinajstić information content (AvgIpc) is 2.55. The Labute approximate surface area is 162 Å². The molecule has 0 aromatic heterocycles. The van der Waals surface area contributed by atoms with E-state index < -0.39 is 12.8 Å². The lowest BCUT2D eigenvalue weighted by molar-refractivity contribution is -0.153. The second-order valence-electron chi connectivity index (χ2n) is 6.38. The number of halogens is 5. The summed E-state index contributed by atoms with van der Waals surface area (Å²) < 4.78 is 41.9. The summed E-state index contributed by atoms with van der Waals surface area (Å²) >= 11 is 5.81. The second kappa shape index (κ2) is 10.2. The molecule has 0 bridgehead atoms. The highest BCUT2D eigenvalue weighted by Crippen LogP contribution is 2.31. The lowest BCUT2D eigenvalue weighted by Crippen LogP contribution is -2.34. The molecule has 2 atom stereocenters. The molecule has 148 valence electrons. The first kappa shape index (κ1) is 22.9. The number of amides is 1. The standard InChI is InChI=1S/C17H22ClF3N2O2.ClH/c1-11(12-3-2-6-22-9-12)7-16(24)23-14-5-4-13(18)8-15(14)25-10-17(19,20)21;/h4-5,8,11-12,22H,2-3,6-7,9-10H2,1H3,(H,23,24);1H. The van der Waals surface area contributed by atoms with Crippen LogP contribution in [-0.2, 0) is 4.79 Å². The molecule has 1 aliphatic heterocycles. The third-order valence-electron chi connectivity index (χ3n) is 4.26. The minimum atomic E-state index is -4.47.